The zero-order valence-corrected chi connectivity index (χ0v) is 20.2. The van der Waals surface area contributed by atoms with E-state index in [1.54, 1.807) is 29.3 Å². The molecule has 0 aliphatic rings. The van der Waals surface area contributed by atoms with Crippen LogP contribution < -0.4 is 0 Å². The van der Waals surface area contributed by atoms with Gasteiger partial charge in [-0.2, -0.15) is 0 Å². The van der Waals surface area contributed by atoms with Crippen molar-refractivity contribution in [3.8, 4) is 0 Å². The standard InChI is InChI=1S/C25H24FIN4O/c1-3-13-31-23(29-22-9-6-12-28-24(22)31)16-30(15-19-7-4-5-8-20(19)26)25(32)18-11-10-17(2)21(27)14-18/h4-12,14H,3,13,15-16H2,1-2H3. The molecule has 0 atom stereocenters. The zero-order chi connectivity index (χ0) is 22.7. The number of benzene rings is 2. The van der Waals surface area contributed by atoms with Crippen LogP contribution in [0.1, 0.15) is 40.7 Å². The molecule has 4 aromatic rings. The van der Waals surface area contributed by atoms with Crippen molar-refractivity contribution in [2.24, 2.45) is 0 Å². The summed E-state index contributed by atoms with van der Waals surface area (Å²) in [6, 6.07) is 16.0. The molecule has 4 rings (SSSR count). The van der Waals surface area contributed by atoms with Crippen molar-refractivity contribution >= 4 is 39.7 Å². The smallest absolute Gasteiger partial charge is 0.254 e. The predicted octanol–water partition coefficient (Wildman–Crippen LogP) is 5.74. The van der Waals surface area contributed by atoms with Crippen LogP contribution in [0.25, 0.3) is 11.2 Å². The lowest BCUT2D eigenvalue weighted by atomic mass is 10.1. The Morgan fingerprint density at radius 3 is 2.69 bits per heavy atom. The van der Waals surface area contributed by atoms with Crippen LogP contribution in [0.5, 0.6) is 0 Å². The summed E-state index contributed by atoms with van der Waals surface area (Å²) in [7, 11) is 0. The second-order valence-electron chi connectivity index (χ2n) is 7.74. The van der Waals surface area contributed by atoms with Crippen LogP contribution in [0.15, 0.2) is 60.8 Å². The largest absolute Gasteiger partial charge is 0.327 e. The van der Waals surface area contributed by atoms with Crippen LogP contribution in [0, 0.1) is 16.3 Å². The van der Waals surface area contributed by atoms with E-state index in [1.165, 1.54) is 6.07 Å². The summed E-state index contributed by atoms with van der Waals surface area (Å²) in [5.41, 5.74) is 3.75. The van der Waals surface area contributed by atoms with E-state index in [0.29, 0.717) is 11.1 Å². The summed E-state index contributed by atoms with van der Waals surface area (Å²) in [6.07, 6.45) is 2.66. The quantitative estimate of drug-likeness (QED) is 0.280. The molecule has 0 saturated heterocycles. The molecule has 0 bridgehead atoms. The molecule has 0 saturated carbocycles. The van der Waals surface area contributed by atoms with Gasteiger partial charge in [-0.05, 0) is 71.8 Å². The number of hydrogen-bond acceptors (Lipinski definition) is 3. The Labute approximate surface area is 200 Å². The number of aromatic nitrogens is 3. The number of hydrogen-bond donors (Lipinski definition) is 0. The normalized spacial score (nSPS) is 11.1. The Bertz CT molecular complexity index is 1270. The first-order valence-corrected chi connectivity index (χ1v) is 11.6. The van der Waals surface area contributed by atoms with Gasteiger partial charge in [0.25, 0.3) is 5.91 Å². The summed E-state index contributed by atoms with van der Waals surface area (Å²) in [6.45, 7) is 5.25. The molecule has 0 aliphatic heterocycles. The van der Waals surface area contributed by atoms with E-state index in [2.05, 4.69) is 39.1 Å². The number of pyridine rings is 1. The molecule has 2 aromatic carbocycles. The van der Waals surface area contributed by atoms with Crippen LogP contribution in [-0.2, 0) is 19.6 Å². The van der Waals surface area contributed by atoms with Crippen LogP contribution in [-0.4, -0.2) is 25.3 Å². The molecule has 7 heteroatoms. The maximum absolute atomic E-state index is 14.5. The van der Waals surface area contributed by atoms with E-state index in [-0.39, 0.29) is 24.8 Å². The minimum absolute atomic E-state index is 0.152. The maximum atomic E-state index is 14.5. The predicted molar refractivity (Wildman–Crippen MR) is 132 cm³/mol. The van der Waals surface area contributed by atoms with Gasteiger partial charge < -0.3 is 9.47 Å². The van der Waals surface area contributed by atoms with Crippen LogP contribution >= 0.6 is 22.6 Å². The lowest BCUT2D eigenvalue weighted by molar-refractivity contribution is 0.0722. The molecule has 0 fully saturated rings. The number of imidazole rings is 1. The summed E-state index contributed by atoms with van der Waals surface area (Å²) < 4.78 is 17.5. The lowest BCUT2D eigenvalue weighted by Crippen LogP contribution is -2.32. The minimum Gasteiger partial charge on any atom is -0.327 e. The Hall–Kier alpha value is -2.81. The van der Waals surface area contributed by atoms with Gasteiger partial charge in [-0.1, -0.05) is 31.2 Å². The Balaban J connectivity index is 1.75. The molecule has 32 heavy (non-hydrogen) atoms. The molecule has 1 amide bonds. The highest BCUT2D eigenvalue weighted by Crippen LogP contribution is 2.21. The van der Waals surface area contributed by atoms with Crippen molar-refractivity contribution in [2.75, 3.05) is 0 Å². The van der Waals surface area contributed by atoms with Gasteiger partial charge in [0.15, 0.2) is 5.65 Å². The maximum Gasteiger partial charge on any atom is 0.254 e. The van der Waals surface area contributed by atoms with Gasteiger partial charge in [-0.15, -0.1) is 0 Å². The molecule has 0 radical (unpaired) electrons. The van der Waals surface area contributed by atoms with Gasteiger partial charge in [-0.25, -0.2) is 14.4 Å². The Morgan fingerprint density at radius 1 is 1.12 bits per heavy atom. The molecule has 5 nitrogen and oxygen atoms in total. The molecule has 164 valence electrons. The van der Waals surface area contributed by atoms with Crippen molar-refractivity contribution in [3.05, 3.63) is 92.7 Å². The molecule has 2 aromatic heterocycles. The molecular weight excluding hydrogens is 518 g/mol. The number of carbonyl (C=O) groups excluding carboxylic acids is 1. The fourth-order valence-corrected chi connectivity index (χ4v) is 4.21. The summed E-state index contributed by atoms with van der Waals surface area (Å²) in [5, 5.41) is 0. The third-order valence-electron chi connectivity index (χ3n) is 5.39. The third kappa shape index (κ3) is 4.67. The van der Waals surface area contributed by atoms with Gasteiger partial charge >= 0.3 is 0 Å². The van der Waals surface area contributed by atoms with E-state index in [1.807, 2.05) is 37.3 Å². The number of carbonyl (C=O) groups is 1. The first-order valence-electron chi connectivity index (χ1n) is 10.6. The van der Waals surface area contributed by atoms with Crippen molar-refractivity contribution in [1.82, 2.24) is 19.4 Å². The molecular formula is C25H24FIN4O. The number of rotatable bonds is 7. The second-order valence-corrected chi connectivity index (χ2v) is 8.90. The Kier molecular flexibility index (Phi) is 6.83. The van der Waals surface area contributed by atoms with E-state index in [4.69, 9.17) is 4.98 Å². The van der Waals surface area contributed by atoms with E-state index >= 15 is 0 Å². The monoisotopic (exact) mass is 542 g/mol. The van der Waals surface area contributed by atoms with Crippen LogP contribution in [0.3, 0.4) is 0 Å². The number of fused-ring (bicyclic) bond motifs is 1. The average molecular weight is 542 g/mol. The number of halogens is 2. The van der Waals surface area contributed by atoms with Crippen molar-refractivity contribution < 1.29 is 9.18 Å². The topological polar surface area (TPSA) is 51.0 Å². The van der Waals surface area contributed by atoms with Crippen molar-refractivity contribution in [2.45, 2.75) is 39.9 Å². The number of nitrogens with zero attached hydrogens (tertiary/aromatic N) is 4. The highest BCUT2D eigenvalue weighted by molar-refractivity contribution is 14.1. The zero-order valence-electron chi connectivity index (χ0n) is 18.1. The van der Waals surface area contributed by atoms with E-state index in [0.717, 1.165) is 39.1 Å². The first-order chi connectivity index (χ1) is 15.5. The summed E-state index contributed by atoms with van der Waals surface area (Å²) in [5.74, 6) is 0.258. The number of amides is 1. The summed E-state index contributed by atoms with van der Waals surface area (Å²) >= 11 is 2.23. The number of aryl methyl sites for hydroxylation is 2. The summed E-state index contributed by atoms with van der Waals surface area (Å²) in [4.78, 5) is 24.5. The lowest BCUT2D eigenvalue weighted by Gasteiger charge is -2.24. The highest BCUT2D eigenvalue weighted by Gasteiger charge is 2.22. The molecule has 0 aliphatic carbocycles. The van der Waals surface area contributed by atoms with E-state index < -0.39 is 0 Å². The van der Waals surface area contributed by atoms with Crippen molar-refractivity contribution in [3.63, 3.8) is 0 Å². The highest BCUT2D eigenvalue weighted by atomic mass is 127. The molecule has 0 spiro atoms. The van der Waals surface area contributed by atoms with Gasteiger partial charge in [0.1, 0.15) is 17.2 Å². The van der Waals surface area contributed by atoms with Gasteiger partial charge in [0.05, 0.1) is 6.54 Å². The fraction of sp³-hybridized carbons (Fsp3) is 0.240. The minimum atomic E-state index is -0.326. The van der Waals surface area contributed by atoms with Gasteiger partial charge in [0, 0.05) is 34.0 Å². The Morgan fingerprint density at radius 2 is 1.94 bits per heavy atom. The molecule has 2 heterocycles. The SMILES string of the molecule is CCCn1c(CN(Cc2ccccc2F)C(=O)c2ccc(C)c(I)c2)nc2cccnc21. The molecule has 0 N–H and O–H groups in total. The van der Waals surface area contributed by atoms with Gasteiger partial charge in [-0.3, -0.25) is 4.79 Å². The fourth-order valence-electron chi connectivity index (χ4n) is 3.70. The van der Waals surface area contributed by atoms with Crippen LogP contribution in [0.2, 0.25) is 0 Å². The second kappa shape index (κ2) is 9.77. The van der Waals surface area contributed by atoms with E-state index in [9.17, 15) is 9.18 Å². The van der Waals surface area contributed by atoms with Crippen LogP contribution in [0.4, 0.5) is 4.39 Å². The first kappa shape index (κ1) is 22.4. The average Bonchev–Trinajstić information content (AvgIpc) is 3.13. The molecule has 0 unspecified atom stereocenters. The van der Waals surface area contributed by atoms with Crippen molar-refractivity contribution in [1.29, 1.82) is 0 Å². The third-order valence-corrected chi connectivity index (χ3v) is 6.55. The van der Waals surface area contributed by atoms with Gasteiger partial charge in [0.2, 0.25) is 0 Å².